The van der Waals surface area contributed by atoms with E-state index in [4.69, 9.17) is 17.0 Å². The molecule has 2 amide bonds. The van der Waals surface area contributed by atoms with E-state index < -0.39 is 0 Å². The van der Waals surface area contributed by atoms with Gasteiger partial charge in [-0.3, -0.25) is 14.9 Å². The van der Waals surface area contributed by atoms with Crippen molar-refractivity contribution in [2.24, 2.45) is 0 Å². The predicted molar refractivity (Wildman–Crippen MR) is 110 cm³/mol. The number of hydrogen-bond donors (Lipinski definition) is 2. The predicted octanol–water partition coefficient (Wildman–Crippen LogP) is 3.30. The van der Waals surface area contributed by atoms with Gasteiger partial charge in [-0.1, -0.05) is 0 Å². The second kappa shape index (κ2) is 9.14. The summed E-state index contributed by atoms with van der Waals surface area (Å²) < 4.78 is 5.55. The third-order valence-electron chi connectivity index (χ3n) is 3.51. The minimum absolute atomic E-state index is 0.0702. The molecule has 0 saturated carbocycles. The summed E-state index contributed by atoms with van der Waals surface area (Å²) in [6.45, 7) is 3.88. The summed E-state index contributed by atoms with van der Waals surface area (Å²) in [5.74, 6) is 0.305. The number of carbonyl (C=O) groups is 2. The first-order chi connectivity index (χ1) is 12.8. The lowest BCUT2D eigenvalue weighted by atomic mass is 10.2. The summed E-state index contributed by atoms with van der Waals surface area (Å²) >= 11 is 5.18. The molecule has 0 fully saturated rings. The molecule has 0 unspecified atom stereocenters. The van der Waals surface area contributed by atoms with Crippen molar-refractivity contribution in [2.75, 3.05) is 19.4 Å². The van der Waals surface area contributed by atoms with Gasteiger partial charge in [0.2, 0.25) is 0 Å². The Bertz CT molecular complexity index is 815. The Labute approximate surface area is 164 Å². The lowest BCUT2D eigenvalue weighted by Gasteiger charge is -2.13. The highest BCUT2D eigenvalue weighted by molar-refractivity contribution is 7.80. The van der Waals surface area contributed by atoms with Crippen LogP contribution in [-0.4, -0.2) is 42.0 Å². The maximum absolute atomic E-state index is 12.3. The number of nitrogens with zero attached hydrogens (tertiary/aromatic N) is 1. The standard InChI is InChI=1S/C20H23N3O3S/c1-13(2)26-17-11-7-14(8-12-17)18(24)22-20(27)21-16-9-5-15(6-10-16)19(25)23(3)4/h5-13H,1-4H3,(H2,21,22,24,27). The molecule has 0 aliphatic carbocycles. The van der Waals surface area contributed by atoms with Crippen LogP contribution in [0.4, 0.5) is 5.69 Å². The van der Waals surface area contributed by atoms with Gasteiger partial charge in [0.05, 0.1) is 6.10 Å². The Hall–Kier alpha value is -2.93. The van der Waals surface area contributed by atoms with Crippen molar-refractivity contribution in [3.8, 4) is 5.75 Å². The van der Waals surface area contributed by atoms with Gasteiger partial charge < -0.3 is 15.0 Å². The van der Waals surface area contributed by atoms with Crippen molar-refractivity contribution < 1.29 is 14.3 Å². The average molecular weight is 385 g/mol. The van der Waals surface area contributed by atoms with Crippen LogP contribution >= 0.6 is 12.2 Å². The van der Waals surface area contributed by atoms with E-state index in [2.05, 4.69) is 10.6 Å². The summed E-state index contributed by atoms with van der Waals surface area (Å²) in [6, 6.07) is 13.7. The highest BCUT2D eigenvalue weighted by Crippen LogP contribution is 2.14. The number of ether oxygens (including phenoxy) is 1. The molecule has 0 bridgehead atoms. The minimum atomic E-state index is -0.317. The smallest absolute Gasteiger partial charge is 0.257 e. The third kappa shape index (κ3) is 6.07. The first-order valence-electron chi connectivity index (χ1n) is 8.47. The number of thiocarbonyl (C=S) groups is 1. The normalized spacial score (nSPS) is 10.3. The number of benzene rings is 2. The molecule has 142 valence electrons. The highest BCUT2D eigenvalue weighted by Gasteiger charge is 2.10. The number of nitrogens with one attached hydrogen (secondary N) is 2. The number of anilines is 1. The van der Waals surface area contributed by atoms with Gasteiger partial charge in [0.1, 0.15) is 5.75 Å². The summed E-state index contributed by atoms with van der Waals surface area (Å²) in [5.41, 5.74) is 1.72. The Morgan fingerprint density at radius 3 is 2.04 bits per heavy atom. The fourth-order valence-electron chi connectivity index (χ4n) is 2.25. The van der Waals surface area contributed by atoms with Crippen LogP contribution in [-0.2, 0) is 0 Å². The number of rotatable bonds is 5. The molecule has 0 aliphatic heterocycles. The van der Waals surface area contributed by atoms with Crippen LogP contribution in [0.25, 0.3) is 0 Å². The Morgan fingerprint density at radius 2 is 1.52 bits per heavy atom. The van der Waals surface area contributed by atoms with Crippen molar-refractivity contribution >= 4 is 34.8 Å². The van der Waals surface area contributed by atoms with Crippen LogP contribution in [0.15, 0.2) is 48.5 Å². The fraction of sp³-hybridized carbons (Fsp3) is 0.250. The van der Waals surface area contributed by atoms with E-state index in [1.54, 1.807) is 62.6 Å². The minimum Gasteiger partial charge on any atom is -0.491 e. The summed E-state index contributed by atoms with van der Waals surface area (Å²) in [4.78, 5) is 25.6. The van der Waals surface area contributed by atoms with Crippen molar-refractivity contribution in [3.05, 3.63) is 59.7 Å². The molecule has 2 rings (SSSR count). The fourth-order valence-corrected chi connectivity index (χ4v) is 2.46. The lowest BCUT2D eigenvalue weighted by molar-refractivity contribution is 0.0827. The first kappa shape index (κ1) is 20.4. The van der Waals surface area contributed by atoms with Crippen LogP contribution in [0.3, 0.4) is 0 Å². The Kier molecular flexibility index (Phi) is 6.90. The first-order valence-corrected chi connectivity index (χ1v) is 8.88. The molecular formula is C20H23N3O3S. The zero-order valence-corrected chi connectivity index (χ0v) is 16.6. The van der Waals surface area contributed by atoms with Crippen molar-refractivity contribution in [1.82, 2.24) is 10.2 Å². The molecular weight excluding hydrogens is 362 g/mol. The van der Waals surface area contributed by atoms with E-state index in [9.17, 15) is 9.59 Å². The molecule has 0 aliphatic rings. The molecule has 0 heterocycles. The summed E-state index contributed by atoms with van der Waals surface area (Å²) in [5, 5.41) is 5.73. The van der Waals surface area contributed by atoms with Gasteiger partial charge >= 0.3 is 0 Å². The molecule has 2 N–H and O–H groups in total. The monoisotopic (exact) mass is 385 g/mol. The van der Waals surface area contributed by atoms with Gasteiger partial charge in [0.25, 0.3) is 11.8 Å². The topological polar surface area (TPSA) is 70.7 Å². The quantitative estimate of drug-likeness (QED) is 0.773. The van der Waals surface area contributed by atoms with Crippen LogP contribution in [0, 0.1) is 0 Å². The molecule has 2 aromatic carbocycles. The SMILES string of the molecule is CC(C)Oc1ccc(C(=O)NC(=S)Nc2ccc(C(=O)N(C)C)cc2)cc1. The van der Waals surface area contributed by atoms with E-state index in [0.29, 0.717) is 22.6 Å². The summed E-state index contributed by atoms with van der Waals surface area (Å²) in [7, 11) is 3.39. The van der Waals surface area contributed by atoms with Crippen LogP contribution < -0.4 is 15.4 Å². The average Bonchev–Trinajstić information content (AvgIpc) is 2.61. The molecule has 6 nitrogen and oxygen atoms in total. The molecule has 0 aromatic heterocycles. The van der Waals surface area contributed by atoms with E-state index in [-0.39, 0.29) is 23.0 Å². The highest BCUT2D eigenvalue weighted by atomic mass is 32.1. The lowest BCUT2D eigenvalue weighted by Crippen LogP contribution is -2.34. The molecule has 0 radical (unpaired) electrons. The third-order valence-corrected chi connectivity index (χ3v) is 3.72. The van der Waals surface area contributed by atoms with Crippen molar-refractivity contribution in [1.29, 1.82) is 0 Å². The molecule has 7 heteroatoms. The van der Waals surface area contributed by atoms with E-state index >= 15 is 0 Å². The zero-order chi connectivity index (χ0) is 20.0. The molecule has 0 atom stereocenters. The number of carbonyl (C=O) groups excluding carboxylic acids is 2. The second-order valence-electron chi connectivity index (χ2n) is 6.38. The molecule has 27 heavy (non-hydrogen) atoms. The maximum Gasteiger partial charge on any atom is 0.257 e. The van der Waals surface area contributed by atoms with Crippen molar-refractivity contribution in [2.45, 2.75) is 20.0 Å². The Balaban J connectivity index is 1.93. The van der Waals surface area contributed by atoms with Gasteiger partial charge in [0, 0.05) is 30.9 Å². The molecule has 2 aromatic rings. The van der Waals surface area contributed by atoms with E-state index in [0.717, 1.165) is 0 Å². The Morgan fingerprint density at radius 1 is 0.963 bits per heavy atom. The van der Waals surface area contributed by atoms with Gasteiger partial charge in [-0.05, 0) is 74.6 Å². The van der Waals surface area contributed by atoms with Gasteiger partial charge in [-0.15, -0.1) is 0 Å². The van der Waals surface area contributed by atoms with Gasteiger partial charge in [0.15, 0.2) is 5.11 Å². The maximum atomic E-state index is 12.3. The zero-order valence-electron chi connectivity index (χ0n) is 15.8. The van der Waals surface area contributed by atoms with Crippen LogP contribution in [0.5, 0.6) is 5.75 Å². The molecule has 0 spiro atoms. The summed E-state index contributed by atoms with van der Waals surface area (Å²) in [6.07, 6.45) is 0.0702. The number of amides is 2. The van der Waals surface area contributed by atoms with Gasteiger partial charge in [-0.25, -0.2) is 0 Å². The van der Waals surface area contributed by atoms with Gasteiger partial charge in [-0.2, -0.15) is 0 Å². The van der Waals surface area contributed by atoms with Crippen LogP contribution in [0.1, 0.15) is 34.6 Å². The number of hydrogen-bond acceptors (Lipinski definition) is 4. The molecule has 0 saturated heterocycles. The van der Waals surface area contributed by atoms with E-state index in [1.807, 2.05) is 13.8 Å². The second-order valence-corrected chi connectivity index (χ2v) is 6.78. The van der Waals surface area contributed by atoms with E-state index in [1.165, 1.54) is 4.90 Å². The van der Waals surface area contributed by atoms with Crippen molar-refractivity contribution in [3.63, 3.8) is 0 Å². The van der Waals surface area contributed by atoms with Crippen LogP contribution in [0.2, 0.25) is 0 Å². The largest absolute Gasteiger partial charge is 0.491 e.